The molecule has 4 heteroatoms. The summed E-state index contributed by atoms with van der Waals surface area (Å²) in [7, 11) is 1.80. The lowest BCUT2D eigenvalue weighted by molar-refractivity contribution is -0.0113. The summed E-state index contributed by atoms with van der Waals surface area (Å²) in [6.07, 6.45) is 3.57. The first-order valence-electron chi connectivity index (χ1n) is 7.84. The zero-order valence-electron chi connectivity index (χ0n) is 12.6. The van der Waals surface area contributed by atoms with Gasteiger partial charge in [-0.25, -0.2) is 0 Å². The summed E-state index contributed by atoms with van der Waals surface area (Å²) in [6.45, 7) is 2.30. The van der Waals surface area contributed by atoms with Crippen LogP contribution in [0.5, 0.6) is 0 Å². The maximum absolute atomic E-state index is 12.6. The van der Waals surface area contributed by atoms with Crippen molar-refractivity contribution in [3.05, 3.63) is 35.4 Å². The molecule has 1 saturated carbocycles. The van der Waals surface area contributed by atoms with Crippen molar-refractivity contribution in [2.45, 2.75) is 25.4 Å². The van der Waals surface area contributed by atoms with E-state index >= 15 is 0 Å². The van der Waals surface area contributed by atoms with E-state index in [0.717, 1.165) is 25.1 Å². The number of hydrogen-bond acceptors (Lipinski definition) is 3. The largest absolute Gasteiger partial charge is 0.381 e. The number of fused-ring (bicyclic) bond motifs is 2. The highest BCUT2D eigenvalue weighted by Crippen LogP contribution is 2.38. The fraction of sp³-hybridized carbons (Fsp3) is 0.588. The molecule has 1 heterocycles. The van der Waals surface area contributed by atoms with E-state index in [-0.39, 0.29) is 5.91 Å². The summed E-state index contributed by atoms with van der Waals surface area (Å²) in [4.78, 5) is 14.7. The Kier molecular flexibility index (Phi) is 4.27. The Bertz CT molecular complexity index is 486. The highest BCUT2D eigenvalue weighted by atomic mass is 16.5. The van der Waals surface area contributed by atoms with Gasteiger partial charge in [-0.1, -0.05) is 12.1 Å². The molecule has 1 aromatic carbocycles. The normalized spacial score (nSPS) is 27.9. The van der Waals surface area contributed by atoms with Gasteiger partial charge in [0.15, 0.2) is 0 Å². The van der Waals surface area contributed by atoms with Crippen LogP contribution in [0.3, 0.4) is 0 Å². The topological polar surface area (TPSA) is 55.6 Å². The molecule has 114 valence electrons. The van der Waals surface area contributed by atoms with Crippen LogP contribution in [-0.2, 0) is 11.2 Å². The molecular weight excluding hydrogens is 264 g/mol. The third-order valence-corrected chi connectivity index (χ3v) is 4.94. The van der Waals surface area contributed by atoms with Crippen molar-refractivity contribution in [1.82, 2.24) is 4.90 Å². The summed E-state index contributed by atoms with van der Waals surface area (Å²) in [5, 5.41) is 0. The first-order valence-corrected chi connectivity index (χ1v) is 7.84. The predicted molar refractivity (Wildman–Crippen MR) is 82.1 cm³/mol. The lowest BCUT2D eigenvalue weighted by Crippen LogP contribution is -2.48. The number of amides is 1. The molecule has 21 heavy (non-hydrogen) atoms. The highest BCUT2D eigenvalue weighted by Gasteiger charge is 2.43. The number of rotatable bonds is 4. The van der Waals surface area contributed by atoms with E-state index in [9.17, 15) is 4.79 Å². The van der Waals surface area contributed by atoms with Gasteiger partial charge in [-0.05, 0) is 43.5 Å². The van der Waals surface area contributed by atoms with E-state index in [1.807, 2.05) is 29.2 Å². The lowest BCUT2D eigenvalue weighted by atomic mass is 9.94. The van der Waals surface area contributed by atoms with E-state index in [4.69, 9.17) is 10.5 Å². The van der Waals surface area contributed by atoms with E-state index < -0.39 is 0 Å². The minimum Gasteiger partial charge on any atom is -0.381 e. The third-order valence-electron chi connectivity index (χ3n) is 4.94. The Labute approximate surface area is 126 Å². The van der Waals surface area contributed by atoms with Crippen molar-refractivity contribution in [3.63, 3.8) is 0 Å². The van der Waals surface area contributed by atoms with Crippen molar-refractivity contribution < 1.29 is 9.53 Å². The molecule has 2 bridgehead atoms. The van der Waals surface area contributed by atoms with E-state index in [1.54, 1.807) is 7.11 Å². The number of methoxy groups -OCH3 is 1. The van der Waals surface area contributed by atoms with Gasteiger partial charge in [-0.15, -0.1) is 0 Å². The van der Waals surface area contributed by atoms with Gasteiger partial charge in [0, 0.05) is 37.6 Å². The molecule has 1 saturated heterocycles. The number of likely N-dealkylation sites (tertiary alicyclic amines) is 1. The quantitative estimate of drug-likeness (QED) is 0.917. The van der Waals surface area contributed by atoms with Gasteiger partial charge in [0.05, 0.1) is 6.10 Å². The SMILES string of the molecule is COC1C2CCC1CN(C(=O)c1ccc(CCN)cc1)C2. The van der Waals surface area contributed by atoms with E-state index in [2.05, 4.69) is 0 Å². The molecule has 2 unspecified atom stereocenters. The first kappa shape index (κ1) is 14.5. The summed E-state index contributed by atoms with van der Waals surface area (Å²) in [5.41, 5.74) is 7.52. The van der Waals surface area contributed by atoms with Crippen LogP contribution in [0.25, 0.3) is 0 Å². The smallest absolute Gasteiger partial charge is 0.253 e. The molecule has 0 spiro atoms. The van der Waals surface area contributed by atoms with Gasteiger partial charge in [0.25, 0.3) is 5.91 Å². The molecule has 1 aliphatic heterocycles. The van der Waals surface area contributed by atoms with Crippen molar-refractivity contribution in [1.29, 1.82) is 0 Å². The highest BCUT2D eigenvalue weighted by molar-refractivity contribution is 5.94. The number of carbonyl (C=O) groups excluding carboxylic acids is 1. The molecule has 1 amide bonds. The Morgan fingerprint density at radius 3 is 2.38 bits per heavy atom. The number of nitrogens with zero attached hydrogens (tertiary/aromatic N) is 1. The van der Waals surface area contributed by atoms with Gasteiger partial charge in [-0.2, -0.15) is 0 Å². The Hall–Kier alpha value is -1.39. The number of nitrogens with two attached hydrogens (primary N) is 1. The standard InChI is InChI=1S/C17H24N2O2/c1-21-16-14-6-7-15(16)11-19(10-14)17(20)13-4-2-12(3-5-13)8-9-18/h2-5,14-16H,6-11,18H2,1H3. The van der Waals surface area contributed by atoms with Crippen molar-refractivity contribution >= 4 is 5.91 Å². The molecule has 2 atom stereocenters. The van der Waals surface area contributed by atoms with Gasteiger partial charge in [0.2, 0.25) is 0 Å². The van der Waals surface area contributed by atoms with Crippen molar-refractivity contribution in [2.24, 2.45) is 17.6 Å². The Balaban J connectivity index is 1.69. The predicted octanol–water partition coefficient (Wildman–Crippen LogP) is 1.68. The first-order chi connectivity index (χ1) is 10.2. The van der Waals surface area contributed by atoms with Gasteiger partial charge in [-0.3, -0.25) is 4.79 Å². The van der Waals surface area contributed by atoms with E-state index in [1.165, 1.54) is 18.4 Å². The van der Waals surface area contributed by atoms with Crippen LogP contribution in [0.1, 0.15) is 28.8 Å². The number of ether oxygens (including phenoxy) is 1. The van der Waals surface area contributed by atoms with Gasteiger partial charge < -0.3 is 15.4 Å². The van der Waals surface area contributed by atoms with Crippen molar-refractivity contribution in [3.8, 4) is 0 Å². The molecule has 0 aromatic heterocycles. The van der Waals surface area contributed by atoms with Crippen LogP contribution in [0.15, 0.2) is 24.3 Å². The monoisotopic (exact) mass is 288 g/mol. The molecule has 4 nitrogen and oxygen atoms in total. The molecule has 2 N–H and O–H groups in total. The van der Waals surface area contributed by atoms with Crippen LogP contribution in [0.4, 0.5) is 0 Å². The van der Waals surface area contributed by atoms with Crippen LogP contribution in [-0.4, -0.2) is 43.7 Å². The molecule has 1 aliphatic carbocycles. The van der Waals surface area contributed by atoms with Crippen LogP contribution in [0.2, 0.25) is 0 Å². The summed E-state index contributed by atoms with van der Waals surface area (Å²) < 4.78 is 5.60. The molecule has 3 rings (SSSR count). The van der Waals surface area contributed by atoms with Crippen molar-refractivity contribution in [2.75, 3.05) is 26.7 Å². The fourth-order valence-corrected chi connectivity index (χ4v) is 3.89. The second kappa shape index (κ2) is 6.16. The molecular formula is C17H24N2O2. The number of benzene rings is 1. The van der Waals surface area contributed by atoms with Crippen LogP contribution < -0.4 is 5.73 Å². The van der Waals surface area contributed by atoms with E-state index in [0.29, 0.717) is 24.5 Å². The third kappa shape index (κ3) is 2.83. The number of carbonyl (C=O) groups is 1. The molecule has 2 fully saturated rings. The van der Waals surface area contributed by atoms with Crippen LogP contribution in [0, 0.1) is 11.8 Å². The Morgan fingerprint density at radius 1 is 1.24 bits per heavy atom. The minimum atomic E-state index is 0.153. The molecule has 0 radical (unpaired) electrons. The average molecular weight is 288 g/mol. The Morgan fingerprint density at radius 2 is 1.86 bits per heavy atom. The average Bonchev–Trinajstić information content (AvgIpc) is 2.76. The minimum absolute atomic E-state index is 0.153. The second-order valence-corrected chi connectivity index (χ2v) is 6.24. The zero-order chi connectivity index (χ0) is 14.8. The van der Waals surface area contributed by atoms with Gasteiger partial charge >= 0.3 is 0 Å². The second-order valence-electron chi connectivity index (χ2n) is 6.24. The maximum Gasteiger partial charge on any atom is 0.253 e. The number of piperidine rings is 1. The fourth-order valence-electron chi connectivity index (χ4n) is 3.89. The molecule has 2 aliphatic rings. The summed E-state index contributed by atoms with van der Waals surface area (Å²) in [5.74, 6) is 1.17. The van der Waals surface area contributed by atoms with Gasteiger partial charge in [0.1, 0.15) is 0 Å². The zero-order valence-corrected chi connectivity index (χ0v) is 12.6. The maximum atomic E-state index is 12.6. The number of hydrogen-bond donors (Lipinski definition) is 1. The molecule has 1 aromatic rings. The summed E-state index contributed by atoms with van der Waals surface area (Å²) >= 11 is 0. The lowest BCUT2D eigenvalue weighted by Gasteiger charge is -2.37. The summed E-state index contributed by atoms with van der Waals surface area (Å²) in [6, 6.07) is 7.88. The van der Waals surface area contributed by atoms with Crippen LogP contribution >= 0.6 is 0 Å².